The number of ether oxygens (including phenoxy) is 2. The smallest absolute Gasteiger partial charge is 0.269 e. The quantitative estimate of drug-likeness (QED) is 0.462. The lowest BCUT2D eigenvalue weighted by molar-refractivity contribution is -0.384. The number of rotatable bonds is 8. The molecule has 1 heterocycles. The topological polar surface area (TPSA) is 113 Å². The number of carbonyl (C=O) groups is 1. The number of hydrogen-bond donors (Lipinski definition) is 1. The fourth-order valence-electron chi connectivity index (χ4n) is 2.79. The SMILES string of the molecule is COCCn1ccc2c(OCC(=O)Nc3ccc([N+](=O)[O-])cc3)cccc2c1=O. The van der Waals surface area contributed by atoms with Gasteiger partial charge < -0.3 is 19.4 Å². The van der Waals surface area contributed by atoms with E-state index in [0.717, 1.165) is 0 Å². The Balaban J connectivity index is 1.69. The van der Waals surface area contributed by atoms with Crippen LogP contribution < -0.4 is 15.6 Å². The fraction of sp³-hybridized carbons (Fsp3) is 0.200. The Labute approximate surface area is 165 Å². The van der Waals surface area contributed by atoms with Crippen molar-refractivity contribution in [1.82, 2.24) is 4.57 Å². The molecule has 0 aliphatic heterocycles. The minimum atomic E-state index is -0.515. The van der Waals surface area contributed by atoms with Gasteiger partial charge in [0, 0.05) is 43.1 Å². The first-order chi connectivity index (χ1) is 14.0. The Kier molecular flexibility index (Phi) is 6.20. The van der Waals surface area contributed by atoms with Crippen molar-refractivity contribution in [2.45, 2.75) is 6.54 Å². The van der Waals surface area contributed by atoms with Crippen LogP contribution in [0.2, 0.25) is 0 Å². The largest absolute Gasteiger partial charge is 0.483 e. The predicted molar refractivity (Wildman–Crippen MR) is 107 cm³/mol. The van der Waals surface area contributed by atoms with Crippen LogP contribution in [0, 0.1) is 10.1 Å². The molecule has 0 saturated carbocycles. The molecule has 0 aliphatic rings. The van der Waals surface area contributed by atoms with E-state index in [-0.39, 0.29) is 17.9 Å². The lowest BCUT2D eigenvalue weighted by atomic mass is 10.1. The van der Waals surface area contributed by atoms with E-state index in [1.165, 1.54) is 24.3 Å². The number of carbonyl (C=O) groups excluding carboxylic acids is 1. The van der Waals surface area contributed by atoms with Gasteiger partial charge in [-0.05, 0) is 30.3 Å². The van der Waals surface area contributed by atoms with Gasteiger partial charge in [0.15, 0.2) is 6.61 Å². The summed E-state index contributed by atoms with van der Waals surface area (Å²) in [6.45, 7) is 0.585. The molecule has 3 aromatic rings. The molecular weight excluding hydrogens is 378 g/mol. The number of nitro benzene ring substituents is 1. The molecule has 29 heavy (non-hydrogen) atoms. The average Bonchev–Trinajstić information content (AvgIpc) is 2.72. The molecule has 0 atom stereocenters. The van der Waals surface area contributed by atoms with Crippen LogP contribution in [-0.2, 0) is 16.1 Å². The molecule has 0 spiro atoms. The van der Waals surface area contributed by atoms with E-state index >= 15 is 0 Å². The van der Waals surface area contributed by atoms with Gasteiger partial charge in [-0.15, -0.1) is 0 Å². The van der Waals surface area contributed by atoms with Crippen molar-refractivity contribution in [3.8, 4) is 5.75 Å². The van der Waals surface area contributed by atoms with Gasteiger partial charge >= 0.3 is 0 Å². The van der Waals surface area contributed by atoms with E-state index in [1.807, 2.05) is 0 Å². The fourth-order valence-corrected chi connectivity index (χ4v) is 2.79. The first-order valence-corrected chi connectivity index (χ1v) is 8.78. The molecule has 0 fully saturated rings. The van der Waals surface area contributed by atoms with E-state index in [2.05, 4.69) is 5.32 Å². The lowest BCUT2D eigenvalue weighted by Gasteiger charge is -2.11. The second kappa shape index (κ2) is 8.98. The van der Waals surface area contributed by atoms with Crippen molar-refractivity contribution in [3.05, 3.63) is 75.2 Å². The van der Waals surface area contributed by atoms with Crippen molar-refractivity contribution >= 4 is 28.1 Å². The van der Waals surface area contributed by atoms with Gasteiger partial charge in [-0.3, -0.25) is 19.7 Å². The molecule has 2 aromatic carbocycles. The average molecular weight is 397 g/mol. The molecular formula is C20H19N3O6. The van der Waals surface area contributed by atoms with Crippen LogP contribution >= 0.6 is 0 Å². The van der Waals surface area contributed by atoms with Gasteiger partial charge in [0.2, 0.25) is 0 Å². The van der Waals surface area contributed by atoms with E-state index in [4.69, 9.17) is 9.47 Å². The number of hydrogen-bond acceptors (Lipinski definition) is 6. The summed E-state index contributed by atoms with van der Waals surface area (Å²) in [6, 6.07) is 12.3. The van der Waals surface area contributed by atoms with Crippen LogP contribution in [0.25, 0.3) is 10.8 Å². The summed E-state index contributed by atoms with van der Waals surface area (Å²) in [5, 5.41) is 14.4. The Morgan fingerprint density at radius 3 is 2.59 bits per heavy atom. The highest BCUT2D eigenvalue weighted by Crippen LogP contribution is 2.23. The van der Waals surface area contributed by atoms with Crippen LogP contribution in [0.15, 0.2) is 59.5 Å². The monoisotopic (exact) mass is 397 g/mol. The molecule has 0 aliphatic carbocycles. The van der Waals surface area contributed by atoms with Crippen molar-refractivity contribution in [2.75, 3.05) is 25.6 Å². The van der Waals surface area contributed by atoms with Crippen molar-refractivity contribution in [1.29, 1.82) is 0 Å². The third kappa shape index (κ3) is 4.77. The van der Waals surface area contributed by atoms with Crippen LogP contribution in [-0.4, -0.2) is 35.7 Å². The summed E-state index contributed by atoms with van der Waals surface area (Å²) in [6.07, 6.45) is 1.66. The number of nitrogens with zero attached hydrogens (tertiary/aromatic N) is 2. The number of fused-ring (bicyclic) bond motifs is 1. The first kappa shape index (κ1) is 20.0. The molecule has 0 unspecified atom stereocenters. The van der Waals surface area contributed by atoms with E-state index in [0.29, 0.717) is 35.4 Å². The molecule has 1 amide bonds. The van der Waals surface area contributed by atoms with Crippen LogP contribution in [0.4, 0.5) is 11.4 Å². The lowest BCUT2D eigenvalue weighted by Crippen LogP contribution is -2.22. The molecule has 0 bridgehead atoms. The number of pyridine rings is 1. The Bertz CT molecular complexity index is 1090. The number of anilines is 1. The molecule has 9 heteroatoms. The van der Waals surface area contributed by atoms with Crippen LogP contribution in [0.5, 0.6) is 5.75 Å². The number of nitrogens with one attached hydrogen (secondary N) is 1. The maximum atomic E-state index is 12.6. The number of benzene rings is 2. The Morgan fingerprint density at radius 1 is 1.14 bits per heavy atom. The van der Waals surface area contributed by atoms with Gasteiger partial charge in [0.25, 0.3) is 17.2 Å². The molecule has 150 valence electrons. The minimum Gasteiger partial charge on any atom is -0.483 e. The van der Waals surface area contributed by atoms with Gasteiger partial charge in [0.05, 0.1) is 16.9 Å². The van der Waals surface area contributed by atoms with Crippen LogP contribution in [0.3, 0.4) is 0 Å². The highest BCUT2D eigenvalue weighted by Gasteiger charge is 2.10. The van der Waals surface area contributed by atoms with Gasteiger partial charge in [-0.1, -0.05) is 6.07 Å². The van der Waals surface area contributed by atoms with E-state index in [9.17, 15) is 19.7 Å². The Morgan fingerprint density at radius 2 is 1.90 bits per heavy atom. The van der Waals surface area contributed by atoms with Crippen molar-refractivity contribution < 1.29 is 19.2 Å². The first-order valence-electron chi connectivity index (χ1n) is 8.78. The summed E-state index contributed by atoms with van der Waals surface area (Å²) >= 11 is 0. The van der Waals surface area contributed by atoms with Crippen LogP contribution in [0.1, 0.15) is 0 Å². The molecule has 1 aromatic heterocycles. The zero-order chi connectivity index (χ0) is 20.8. The minimum absolute atomic E-state index is 0.0637. The van der Waals surface area contributed by atoms with Gasteiger partial charge in [-0.25, -0.2) is 0 Å². The number of amides is 1. The van der Waals surface area contributed by atoms with Gasteiger partial charge in [0.1, 0.15) is 5.75 Å². The number of non-ortho nitro benzene ring substituents is 1. The third-order valence-electron chi connectivity index (χ3n) is 4.24. The zero-order valence-corrected chi connectivity index (χ0v) is 15.7. The summed E-state index contributed by atoms with van der Waals surface area (Å²) in [7, 11) is 1.57. The summed E-state index contributed by atoms with van der Waals surface area (Å²) in [5.41, 5.74) is 0.189. The number of nitro groups is 1. The maximum absolute atomic E-state index is 12.6. The standard InChI is InChI=1S/C20H19N3O6/c1-28-12-11-22-10-9-16-17(20(22)25)3-2-4-18(16)29-13-19(24)21-14-5-7-15(8-6-14)23(26)27/h2-10H,11-13H2,1H3,(H,21,24). The second-order valence-electron chi connectivity index (χ2n) is 6.17. The second-order valence-corrected chi connectivity index (χ2v) is 6.17. The summed E-state index contributed by atoms with van der Waals surface area (Å²) in [5.74, 6) is -0.0124. The Hall–Kier alpha value is -3.72. The van der Waals surface area contributed by atoms with E-state index < -0.39 is 10.8 Å². The maximum Gasteiger partial charge on any atom is 0.269 e. The normalized spacial score (nSPS) is 10.7. The molecule has 3 rings (SSSR count). The predicted octanol–water partition coefficient (Wildman–Crippen LogP) is 2.57. The van der Waals surface area contributed by atoms with Crippen molar-refractivity contribution in [3.63, 3.8) is 0 Å². The molecule has 1 N–H and O–H groups in total. The number of methoxy groups -OCH3 is 1. The van der Waals surface area contributed by atoms with Crippen molar-refractivity contribution in [2.24, 2.45) is 0 Å². The highest BCUT2D eigenvalue weighted by atomic mass is 16.6. The molecule has 0 saturated heterocycles. The summed E-state index contributed by atoms with van der Waals surface area (Å²) in [4.78, 5) is 34.8. The highest BCUT2D eigenvalue weighted by molar-refractivity contribution is 5.93. The van der Waals surface area contributed by atoms with E-state index in [1.54, 1.807) is 42.1 Å². The zero-order valence-electron chi connectivity index (χ0n) is 15.7. The summed E-state index contributed by atoms with van der Waals surface area (Å²) < 4.78 is 12.2. The molecule has 9 nitrogen and oxygen atoms in total. The third-order valence-corrected chi connectivity index (χ3v) is 4.24. The number of aromatic nitrogens is 1. The van der Waals surface area contributed by atoms with Gasteiger partial charge in [-0.2, -0.15) is 0 Å². The molecule has 0 radical (unpaired) electrons.